The molecule has 0 bridgehead atoms. The molecule has 0 aromatic heterocycles. The number of hydrogen-bond acceptors (Lipinski definition) is 2. The van der Waals surface area contributed by atoms with Crippen LogP contribution in [0.1, 0.15) is 53.5 Å². The van der Waals surface area contributed by atoms with Crippen molar-refractivity contribution in [3.8, 4) is 5.75 Å². The van der Waals surface area contributed by atoms with E-state index in [2.05, 4.69) is 22.9 Å². The molecule has 0 saturated heterocycles. The number of hydrogen-bond donors (Lipinski definition) is 1. The maximum Gasteiger partial charge on any atom is 0.311 e. The van der Waals surface area contributed by atoms with Crippen molar-refractivity contribution in [3.05, 3.63) is 27.8 Å². The number of ether oxygens (including phenoxy) is 1. The second kappa shape index (κ2) is 6.39. The number of fused-ring (bicyclic) bond motifs is 1. The molecule has 3 nitrogen and oxygen atoms in total. The minimum Gasteiger partial charge on any atom is -0.490 e. The predicted octanol–water partition coefficient (Wildman–Crippen LogP) is 4.28. The fourth-order valence-corrected chi connectivity index (χ4v) is 3.76. The summed E-state index contributed by atoms with van der Waals surface area (Å²) in [6.45, 7) is 8.20. The Morgan fingerprint density at radius 3 is 2.57 bits per heavy atom. The molecule has 0 amide bonds. The van der Waals surface area contributed by atoms with E-state index in [4.69, 9.17) is 4.74 Å². The molecule has 0 saturated carbocycles. The second-order valence-corrected chi connectivity index (χ2v) is 6.72. The van der Waals surface area contributed by atoms with Crippen LogP contribution in [0.4, 0.5) is 0 Å². The maximum atomic E-state index is 11.7. The Morgan fingerprint density at radius 2 is 2.00 bits per heavy atom. The van der Waals surface area contributed by atoms with E-state index < -0.39 is 11.9 Å². The number of benzene rings is 1. The van der Waals surface area contributed by atoms with Crippen molar-refractivity contribution in [1.82, 2.24) is 0 Å². The Balaban J connectivity index is 2.63. The summed E-state index contributed by atoms with van der Waals surface area (Å²) >= 11 is 3.38. The zero-order valence-corrected chi connectivity index (χ0v) is 14.7. The maximum absolute atomic E-state index is 11.7. The Morgan fingerprint density at radius 1 is 1.33 bits per heavy atom. The topological polar surface area (TPSA) is 46.5 Å². The van der Waals surface area contributed by atoms with Gasteiger partial charge in [-0.25, -0.2) is 0 Å². The molecular formula is C17H23BrO3. The first-order valence-electron chi connectivity index (χ1n) is 7.46. The summed E-state index contributed by atoms with van der Waals surface area (Å²) in [7, 11) is 0. The molecule has 1 aliphatic rings. The van der Waals surface area contributed by atoms with Crippen LogP contribution in [0.2, 0.25) is 0 Å². The predicted molar refractivity (Wildman–Crippen MR) is 87.9 cm³/mol. The Labute approximate surface area is 134 Å². The van der Waals surface area contributed by atoms with E-state index in [-0.39, 0.29) is 6.10 Å². The molecule has 0 aliphatic carbocycles. The average Bonchev–Trinajstić information content (AvgIpc) is 2.43. The van der Waals surface area contributed by atoms with Crippen LogP contribution in [-0.2, 0) is 11.2 Å². The summed E-state index contributed by atoms with van der Waals surface area (Å²) in [5.74, 6) is -0.215. The summed E-state index contributed by atoms with van der Waals surface area (Å²) in [4.78, 5) is 11.7. The molecule has 0 spiro atoms. The van der Waals surface area contributed by atoms with Gasteiger partial charge in [0, 0.05) is 5.33 Å². The Kier molecular flexibility index (Phi) is 4.97. The number of alkyl halides is 1. The molecule has 2 atom stereocenters. The number of carboxylic acid groups (broad SMARTS) is 1. The van der Waals surface area contributed by atoms with Crippen molar-refractivity contribution in [1.29, 1.82) is 0 Å². The van der Waals surface area contributed by atoms with E-state index in [1.54, 1.807) is 0 Å². The monoisotopic (exact) mass is 354 g/mol. The lowest BCUT2D eigenvalue weighted by Gasteiger charge is -2.30. The molecule has 116 valence electrons. The van der Waals surface area contributed by atoms with Crippen LogP contribution < -0.4 is 4.74 Å². The van der Waals surface area contributed by atoms with Gasteiger partial charge in [0.2, 0.25) is 0 Å². The summed E-state index contributed by atoms with van der Waals surface area (Å²) in [6, 6.07) is 0. The van der Waals surface area contributed by atoms with Crippen LogP contribution in [0.5, 0.6) is 5.75 Å². The zero-order valence-electron chi connectivity index (χ0n) is 13.1. The average molecular weight is 355 g/mol. The van der Waals surface area contributed by atoms with Gasteiger partial charge in [-0.15, -0.1) is 0 Å². The minimum absolute atomic E-state index is 0.235. The quantitative estimate of drug-likeness (QED) is 0.820. The Bertz CT molecular complexity index is 566. The van der Waals surface area contributed by atoms with Gasteiger partial charge in [0.15, 0.2) is 0 Å². The zero-order chi connectivity index (χ0) is 15.7. The third kappa shape index (κ3) is 2.96. The van der Waals surface area contributed by atoms with E-state index in [9.17, 15) is 9.90 Å². The molecule has 1 N–H and O–H groups in total. The summed E-state index contributed by atoms with van der Waals surface area (Å²) in [6.07, 6.45) is 2.80. The lowest BCUT2D eigenvalue weighted by atomic mass is 9.82. The van der Waals surface area contributed by atoms with Crippen molar-refractivity contribution in [2.45, 2.75) is 59.0 Å². The van der Waals surface area contributed by atoms with Gasteiger partial charge in [0.1, 0.15) is 5.75 Å². The smallest absolute Gasteiger partial charge is 0.311 e. The molecule has 1 heterocycles. The van der Waals surface area contributed by atoms with Gasteiger partial charge in [0.25, 0.3) is 0 Å². The highest BCUT2D eigenvalue weighted by Gasteiger charge is 2.29. The van der Waals surface area contributed by atoms with Gasteiger partial charge in [-0.05, 0) is 74.8 Å². The van der Waals surface area contributed by atoms with Crippen LogP contribution in [0, 0.1) is 20.8 Å². The van der Waals surface area contributed by atoms with E-state index in [0.29, 0.717) is 11.8 Å². The molecule has 4 heteroatoms. The lowest BCUT2D eigenvalue weighted by Crippen LogP contribution is -2.23. The second-order valence-electron chi connectivity index (χ2n) is 5.93. The van der Waals surface area contributed by atoms with Gasteiger partial charge in [-0.3, -0.25) is 4.79 Å². The molecule has 2 rings (SSSR count). The van der Waals surface area contributed by atoms with Crippen molar-refractivity contribution in [3.63, 3.8) is 0 Å². The van der Waals surface area contributed by atoms with Crippen molar-refractivity contribution in [2.75, 3.05) is 5.33 Å². The van der Waals surface area contributed by atoms with Gasteiger partial charge in [-0.1, -0.05) is 15.9 Å². The molecule has 21 heavy (non-hydrogen) atoms. The van der Waals surface area contributed by atoms with E-state index >= 15 is 0 Å². The van der Waals surface area contributed by atoms with E-state index in [1.807, 2.05) is 20.8 Å². The van der Waals surface area contributed by atoms with Gasteiger partial charge >= 0.3 is 5.97 Å². The molecule has 1 aliphatic heterocycles. The van der Waals surface area contributed by atoms with E-state index in [0.717, 1.165) is 40.8 Å². The summed E-state index contributed by atoms with van der Waals surface area (Å²) in [5, 5.41) is 10.3. The normalized spacial score (nSPS) is 18.8. The third-order valence-corrected chi connectivity index (χ3v) is 5.06. The lowest BCUT2D eigenvalue weighted by molar-refractivity contribution is -0.138. The van der Waals surface area contributed by atoms with Crippen LogP contribution in [0.15, 0.2) is 0 Å². The number of carboxylic acids is 1. The first-order valence-corrected chi connectivity index (χ1v) is 8.58. The third-order valence-electron chi connectivity index (χ3n) is 4.60. The van der Waals surface area contributed by atoms with Gasteiger partial charge in [0.05, 0.1) is 12.0 Å². The van der Waals surface area contributed by atoms with Gasteiger partial charge < -0.3 is 9.84 Å². The molecule has 1 aromatic rings. The van der Waals surface area contributed by atoms with Crippen molar-refractivity contribution in [2.24, 2.45) is 0 Å². The number of rotatable bonds is 4. The number of aliphatic carboxylic acids is 1. The van der Waals surface area contributed by atoms with Crippen molar-refractivity contribution >= 4 is 21.9 Å². The number of halogens is 1. The van der Waals surface area contributed by atoms with Crippen molar-refractivity contribution < 1.29 is 14.6 Å². The van der Waals surface area contributed by atoms with Crippen LogP contribution in [-0.4, -0.2) is 22.5 Å². The largest absolute Gasteiger partial charge is 0.490 e. The van der Waals surface area contributed by atoms with Crippen LogP contribution >= 0.6 is 15.9 Å². The fraction of sp³-hybridized carbons (Fsp3) is 0.588. The summed E-state index contributed by atoms with van der Waals surface area (Å²) < 4.78 is 6.02. The standard InChI is InChI=1S/C17H23BrO3/c1-9-5-6-13-12(4)15(14(7-8-18)17(19)20)10(2)11(3)16(13)21-9/h9,14H,5-8H2,1-4H3,(H,19,20). The van der Waals surface area contributed by atoms with Crippen LogP contribution in [0.3, 0.4) is 0 Å². The highest BCUT2D eigenvalue weighted by atomic mass is 79.9. The fourth-order valence-electron chi connectivity index (χ4n) is 3.30. The number of carbonyl (C=O) groups is 1. The highest BCUT2D eigenvalue weighted by molar-refractivity contribution is 9.09. The highest BCUT2D eigenvalue weighted by Crippen LogP contribution is 2.41. The molecule has 2 unspecified atom stereocenters. The molecule has 0 radical (unpaired) electrons. The summed E-state index contributed by atoms with van der Waals surface area (Å²) in [5.41, 5.74) is 5.45. The first kappa shape index (κ1) is 16.3. The molecule has 1 aromatic carbocycles. The minimum atomic E-state index is -0.745. The van der Waals surface area contributed by atoms with E-state index in [1.165, 1.54) is 5.56 Å². The SMILES string of the molecule is Cc1c(C)c(C(CCBr)C(=O)O)c(C)c2c1OC(C)CC2. The molecular weight excluding hydrogens is 332 g/mol. The van der Waals surface area contributed by atoms with Crippen LogP contribution in [0.25, 0.3) is 0 Å². The Hall–Kier alpha value is -1.03. The molecule has 0 fully saturated rings. The van der Waals surface area contributed by atoms with Gasteiger partial charge in [-0.2, -0.15) is 0 Å². The first-order chi connectivity index (χ1) is 9.88.